The SMILES string of the molecule is CSc1ccc(C)c(C(=O)N[C@@H](CO)c2ccccc2)c1. The molecule has 0 heterocycles. The molecule has 0 unspecified atom stereocenters. The summed E-state index contributed by atoms with van der Waals surface area (Å²) in [4.78, 5) is 13.5. The molecule has 0 fully saturated rings. The lowest BCUT2D eigenvalue weighted by Crippen LogP contribution is -2.31. The summed E-state index contributed by atoms with van der Waals surface area (Å²) in [6, 6.07) is 14.9. The summed E-state index contributed by atoms with van der Waals surface area (Å²) in [5.74, 6) is -0.161. The molecule has 0 aliphatic rings. The predicted molar refractivity (Wildman–Crippen MR) is 86.7 cm³/mol. The van der Waals surface area contributed by atoms with E-state index in [1.165, 1.54) is 0 Å². The summed E-state index contributed by atoms with van der Waals surface area (Å²) in [6.45, 7) is 1.78. The standard InChI is InChI=1S/C17H19NO2S/c1-12-8-9-14(21-2)10-15(12)17(20)18-16(11-19)13-6-4-3-5-7-13/h3-10,16,19H,11H2,1-2H3,(H,18,20)/t16-/m0/s1. The first kappa shape index (κ1) is 15.6. The number of carbonyl (C=O) groups is 1. The van der Waals surface area contributed by atoms with E-state index in [4.69, 9.17) is 0 Å². The van der Waals surface area contributed by atoms with Crippen molar-refractivity contribution in [3.05, 3.63) is 65.2 Å². The summed E-state index contributed by atoms with van der Waals surface area (Å²) >= 11 is 1.60. The molecule has 0 aliphatic carbocycles. The van der Waals surface area contributed by atoms with Crippen molar-refractivity contribution in [1.29, 1.82) is 0 Å². The van der Waals surface area contributed by atoms with Crippen LogP contribution in [0.3, 0.4) is 0 Å². The lowest BCUT2D eigenvalue weighted by Gasteiger charge is -2.17. The van der Waals surface area contributed by atoms with Gasteiger partial charge in [-0.2, -0.15) is 0 Å². The highest BCUT2D eigenvalue weighted by Crippen LogP contribution is 2.20. The van der Waals surface area contributed by atoms with Crippen LogP contribution in [-0.2, 0) is 0 Å². The van der Waals surface area contributed by atoms with Crippen LogP contribution in [0.15, 0.2) is 53.4 Å². The van der Waals surface area contributed by atoms with Gasteiger partial charge in [-0.15, -0.1) is 11.8 Å². The third-order valence-corrected chi connectivity index (χ3v) is 4.10. The minimum absolute atomic E-state index is 0.128. The Labute approximate surface area is 129 Å². The lowest BCUT2D eigenvalue weighted by molar-refractivity contribution is 0.0915. The maximum atomic E-state index is 12.4. The first-order chi connectivity index (χ1) is 10.2. The summed E-state index contributed by atoms with van der Waals surface area (Å²) in [7, 11) is 0. The average molecular weight is 301 g/mol. The molecule has 2 N–H and O–H groups in total. The highest BCUT2D eigenvalue weighted by atomic mass is 32.2. The molecular weight excluding hydrogens is 282 g/mol. The maximum Gasteiger partial charge on any atom is 0.252 e. The zero-order valence-electron chi connectivity index (χ0n) is 12.2. The van der Waals surface area contributed by atoms with Crippen molar-refractivity contribution in [3.63, 3.8) is 0 Å². The van der Waals surface area contributed by atoms with Crippen molar-refractivity contribution in [2.24, 2.45) is 0 Å². The number of amides is 1. The fourth-order valence-corrected chi connectivity index (χ4v) is 2.57. The highest BCUT2D eigenvalue weighted by molar-refractivity contribution is 7.98. The normalized spacial score (nSPS) is 12.0. The fraction of sp³-hybridized carbons (Fsp3) is 0.235. The number of hydrogen-bond acceptors (Lipinski definition) is 3. The van der Waals surface area contributed by atoms with Crippen molar-refractivity contribution in [2.45, 2.75) is 17.9 Å². The van der Waals surface area contributed by atoms with Gasteiger partial charge in [0, 0.05) is 10.5 Å². The quantitative estimate of drug-likeness (QED) is 0.834. The van der Waals surface area contributed by atoms with Crippen molar-refractivity contribution >= 4 is 17.7 Å². The second kappa shape index (κ2) is 7.29. The first-order valence-electron chi connectivity index (χ1n) is 6.77. The van der Waals surface area contributed by atoms with Gasteiger partial charge in [-0.3, -0.25) is 4.79 Å². The van der Waals surface area contributed by atoms with Crippen LogP contribution >= 0.6 is 11.8 Å². The van der Waals surface area contributed by atoms with Crippen LogP contribution in [0.4, 0.5) is 0 Å². The number of hydrogen-bond donors (Lipinski definition) is 2. The van der Waals surface area contributed by atoms with Crippen LogP contribution in [0.5, 0.6) is 0 Å². The van der Waals surface area contributed by atoms with Gasteiger partial charge >= 0.3 is 0 Å². The zero-order valence-corrected chi connectivity index (χ0v) is 13.0. The van der Waals surface area contributed by atoms with E-state index in [1.54, 1.807) is 11.8 Å². The van der Waals surface area contributed by atoms with Gasteiger partial charge in [0.15, 0.2) is 0 Å². The summed E-state index contributed by atoms with van der Waals surface area (Å²) in [5, 5.41) is 12.4. The fourth-order valence-electron chi connectivity index (χ4n) is 2.13. The van der Waals surface area contributed by atoms with Crippen LogP contribution in [0.2, 0.25) is 0 Å². The van der Waals surface area contributed by atoms with E-state index >= 15 is 0 Å². The Morgan fingerprint density at radius 1 is 1.24 bits per heavy atom. The van der Waals surface area contributed by atoms with Crippen molar-refractivity contribution in [3.8, 4) is 0 Å². The number of aliphatic hydroxyl groups is 1. The molecule has 2 aromatic rings. The minimum atomic E-state index is -0.393. The number of aryl methyl sites for hydroxylation is 1. The van der Waals surface area contributed by atoms with E-state index in [9.17, 15) is 9.90 Å². The Kier molecular flexibility index (Phi) is 5.42. The van der Waals surface area contributed by atoms with E-state index in [2.05, 4.69) is 5.32 Å². The van der Waals surface area contributed by atoms with E-state index < -0.39 is 6.04 Å². The van der Waals surface area contributed by atoms with Gasteiger partial charge < -0.3 is 10.4 Å². The molecule has 0 aromatic heterocycles. The molecule has 2 rings (SSSR count). The van der Waals surface area contributed by atoms with Gasteiger partial charge in [0.2, 0.25) is 0 Å². The molecule has 0 bridgehead atoms. The largest absolute Gasteiger partial charge is 0.394 e. The van der Waals surface area contributed by atoms with Crippen LogP contribution in [0.25, 0.3) is 0 Å². The number of nitrogens with one attached hydrogen (secondary N) is 1. The Balaban J connectivity index is 2.20. The zero-order chi connectivity index (χ0) is 15.2. The smallest absolute Gasteiger partial charge is 0.252 e. The second-order valence-corrected chi connectivity index (χ2v) is 5.68. The van der Waals surface area contributed by atoms with Crippen LogP contribution in [-0.4, -0.2) is 23.9 Å². The molecule has 21 heavy (non-hydrogen) atoms. The molecule has 0 saturated heterocycles. The predicted octanol–water partition coefficient (Wildman–Crippen LogP) is 3.18. The molecular formula is C17H19NO2S. The van der Waals surface area contributed by atoms with Gasteiger partial charge in [-0.1, -0.05) is 36.4 Å². The van der Waals surface area contributed by atoms with Gasteiger partial charge in [-0.25, -0.2) is 0 Å². The summed E-state index contributed by atoms with van der Waals surface area (Å²) in [6.07, 6.45) is 1.98. The summed E-state index contributed by atoms with van der Waals surface area (Å²) in [5.41, 5.74) is 2.47. The maximum absolute atomic E-state index is 12.4. The number of rotatable bonds is 5. The van der Waals surface area contributed by atoms with Crippen LogP contribution in [0.1, 0.15) is 27.5 Å². The first-order valence-corrected chi connectivity index (χ1v) is 7.99. The molecule has 110 valence electrons. The molecule has 3 nitrogen and oxygen atoms in total. The number of thioether (sulfide) groups is 1. The van der Waals surface area contributed by atoms with Crippen molar-refractivity contribution in [1.82, 2.24) is 5.32 Å². The van der Waals surface area contributed by atoms with E-state index in [-0.39, 0.29) is 12.5 Å². The monoisotopic (exact) mass is 301 g/mol. The van der Waals surface area contributed by atoms with E-state index in [1.807, 2.05) is 61.7 Å². The lowest BCUT2D eigenvalue weighted by atomic mass is 10.1. The molecule has 4 heteroatoms. The van der Waals surface area contributed by atoms with Crippen LogP contribution < -0.4 is 5.32 Å². The Bertz CT molecular complexity index is 613. The third-order valence-electron chi connectivity index (χ3n) is 3.38. The molecule has 0 aliphatic heterocycles. The average Bonchev–Trinajstić information content (AvgIpc) is 2.53. The van der Waals surface area contributed by atoms with E-state index in [0.29, 0.717) is 5.56 Å². The van der Waals surface area contributed by atoms with Crippen molar-refractivity contribution in [2.75, 3.05) is 12.9 Å². The molecule has 1 amide bonds. The Morgan fingerprint density at radius 3 is 2.57 bits per heavy atom. The molecule has 0 radical (unpaired) electrons. The Hall–Kier alpha value is -1.78. The Morgan fingerprint density at radius 2 is 1.95 bits per heavy atom. The molecule has 2 aromatic carbocycles. The number of carbonyl (C=O) groups excluding carboxylic acids is 1. The molecule has 0 saturated carbocycles. The van der Waals surface area contributed by atoms with Gasteiger partial charge in [0.1, 0.15) is 0 Å². The van der Waals surface area contributed by atoms with Gasteiger partial charge in [0.05, 0.1) is 12.6 Å². The number of aliphatic hydroxyl groups excluding tert-OH is 1. The highest BCUT2D eigenvalue weighted by Gasteiger charge is 2.16. The molecule has 1 atom stereocenters. The van der Waals surface area contributed by atoms with Crippen molar-refractivity contribution < 1.29 is 9.90 Å². The van der Waals surface area contributed by atoms with Gasteiger partial charge in [0.25, 0.3) is 5.91 Å². The second-order valence-electron chi connectivity index (χ2n) is 4.80. The molecule has 0 spiro atoms. The summed E-state index contributed by atoms with van der Waals surface area (Å²) < 4.78 is 0. The van der Waals surface area contributed by atoms with Gasteiger partial charge in [-0.05, 0) is 36.4 Å². The van der Waals surface area contributed by atoms with Crippen LogP contribution in [0, 0.1) is 6.92 Å². The third kappa shape index (κ3) is 3.86. The minimum Gasteiger partial charge on any atom is -0.394 e. The topological polar surface area (TPSA) is 49.3 Å². The van der Waals surface area contributed by atoms with E-state index in [0.717, 1.165) is 16.0 Å². The number of benzene rings is 2.